The fourth-order valence-corrected chi connectivity index (χ4v) is 3.48. The van der Waals surface area contributed by atoms with Gasteiger partial charge in [-0.2, -0.15) is 5.26 Å². The van der Waals surface area contributed by atoms with Crippen LogP contribution in [-0.2, 0) is 0 Å². The molecule has 0 spiro atoms. The highest BCUT2D eigenvalue weighted by atomic mass is 32.1. The molecule has 0 aliphatic carbocycles. The Bertz CT molecular complexity index is 979. The Morgan fingerprint density at radius 3 is 2.75 bits per heavy atom. The summed E-state index contributed by atoms with van der Waals surface area (Å²) in [4.78, 5) is 15.6. The van der Waals surface area contributed by atoms with E-state index in [4.69, 9.17) is 4.74 Å². The van der Waals surface area contributed by atoms with E-state index in [9.17, 15) is 15.2 Å². The number of nitriles is 1. The van der Waals surface area contributed by atoms with Gasteiger partial charge in [0, 0.05) is 28.7 Å². The van der Waals surface area contributed by atoms with Gasteiger partial charge in [-0.3, -0.25) is 0 Å². The molecule has 0 saturated heterocycles. The fourth-order valence-electron chi connectivity index (χ4n) is 2.61. The highest BCUT2D eigenvalue weighted by molar-refractivity contribution is 7.17. The van der Waals surface area contributed by atoms with Crippen molar-refractivity contribution >= 4 is 28.2 Å². The number of carboxylic acids is 1. The maximum absolute atomic E-state index is 11.3. The predicted octanol–water partition coefficient (Wildman–Crippen LogP) is 3.92. The predicted molar refractivity (Wildman–Crippen MR) is 91.7 cm³/mol. The van der Waals surface area contributed by atoms with Crippen LogP contribution in [-0.4, -0.2) is 27.7 Å². The average molecular weight is 341 g/mol. The molecule has 6 nitrogen and oxygen atoms in total. The maximum Gasteiger partial charge on any atom is 0.351 e. The molecule has 1 N–H and O–H groups in total. The number of methoxy groups -OCH3 is 1. The van der Waals surface area contributed by atoms with Crippen LogP contribution in [0, 0.1) is 11.3 Å². The first-order valence-electron chi connectivity index (χ1n) is 7.29. The molecule has 7 heteroatoms. The van der Waals surface area contributed by atoms with Crippen LogP contribution in [0.2, 0.25) is 0 Å². The molecule has 2 heterocycles. The largest absolute Gasteiger partial charge is 0.480 e. The minimum absolute atomic E-state index is 0.0628. The number of thiazole rings is 1. The molecule has 0 fully saturated rings. The summed E-state index contributed by atoms with van der Waals surface area (Å²) < 4.78 is 7.08. The van der Waals surface area contributed by atoms with Gasteiger partial charge in [-0.05, 0) is 32.0 Å². The van der Waals surface area contributed by atoms with Crippen LogP contribution >= 0.6 is 11.3 Å². The topological polar surface area (TPSA) is 88.1 Å². The Morgan fingerprint density at radius 2 is 2.21 bits per heavy atom. The second kappa shape index (κ2) is 5.98. The fraction of sp³-hybridized carbons (Fsp3) is 0.235. The van der Waals surface area contributed by atoms with Gasteiger partial charge < -0.3 is 14.4 Å². The van der Waals surface area contributed by atoms with E-state index < -0.39 is 5.97 Å². The van der Waals surface area contributed by atoms with Crippen molar-refractivity contribution < 1.29 is 14.6 Å². The van der Waals surface area contributed by atoms with Gasteiger partial charge in [0.15, 0.2) is 4.88 Å². The zero-order valence-corrected chi connectivity index (χ0v) is 14.2. The van der Waals surface area contributed by atoms with Crippen LogP contribution in [0.5, 0.6) is 5.88 Å². The lowest BCUT2D eigenvalue weighted by Crippen LogP contribution is -1.97. The smallest absolute Gasteiger partial charge is 0.351 e. The summed E-state index contributed by atoms with van der Waals surface area (Å²) in [6, 6.07) is 8.13. The van der Waals surface area contributed by atoms with Crippen LogP contribution in [0.4, 0.5) is 0 Å². The summed E-state index contributed by atoms with van der Waals surface area (Å²) in [5.74, 6) is -0.969. The Hall–Kier alpha value is -2.85. The number of hydrogen-bond acceptors (Lipinski definition) is 5. The zero-order chi connectivity index (χ0) is 17.4. The molecule has 0 unspecified atom stereocenters. The minimum atomic E-state index is -1.07. The van der Waals surface area contributed by atoms with E-state index in [0.717, 1.165) is 27.8 Å². The molecular weight excluding hydrogens is 326 g/mol. The van der Waals surface area contributed by atoms with Crippen LogP contribution in [0.3, 0.4) is 0 Å². The molecule has 3 aromatic rings. The van der Waals surface area contributed by atoms with Gasteiger partial charge in [-0.1, -0.05) is 0 Å². The van der Waals surface area contributed by atoms with E-state index in [-0.39, 0.29) is 16.8 Å². The SMILES string of the molecule is COc1nc(-c2ccc3c(c2)c(C#N)cn3C(C)C)sc1C(=O)O. The van der Waals surface area contributed by atoms with Crippen LogP contribution < -0.4 is 4.74 Å². The molecule has 0 radical (unpaired) electrons. The van der Waals surface area contributed by atoms with Crippen LogP contribution in [0.1, 0.15) is 35.1 Å². The van der Waals surface area contributed by atoms with Crippen LogP contribution in [0.15, 0.2) is 24.4 Å². The van der Waals surface area contributed by atoms with Gasteiger partial charge in [0.25, 0.3) is 0 Å². The Balaban J connectivity index is 2.18. The van der Waals surface area contributed by atoms with Crippen molar-refractivity contribution in [3.05, 3.63) is 34.8 Å². The zero-order valence-electron chi connectivity index (χ0n) is 13.4. The molecule has 0 aliphatic heterocycles. The molecule has 1 aromatic carbocycles. The Labute approximate surface area is 142 Å². The molecule has 24 heavy (non-hydrogen) atoms. The summed E-state index contributed by atoms with van der Waals surface area (Å²) >= 11 is 1.06. The van der Waals surface area contributed by atoms with Crippen molar-refractivity contribution in [3.63, 3.8) is 0 Å². The third kappa shape index (κ3) is 2.51. The van der Waals surface area contributed by atoms with Gasteiger partial charge in [0.05, 0.1) is 12.7 Å². The highest BCUT2D eigenvalue weighted by Gasteiger charge is 2.20. The molecule has 0 bridgehead atoms. The maximum atomic E-state index is 11.3. The van der Waals surface area contributed by atoms with E-state index in [2.05, 4.69) is 24.9 Å². The molecular formula is C17H15N3O3S. The van der Waals surface area contributed by atoms with Crippen molar-refractivity contribution in [2.45, 2.75) is 19.9 Å². The number of aromatic nitrogens is 2. The molecule has 0 atom stereocenters. The van der Waals surface area contributed by atoms with Crippen LogP contribution in [0.25, 0.3) is 21.5 Å². The first-order valence-corrected chi connectivity index (χ1v) is 8.11. The van der Waals surface area contributed by atoms with E-state index in [1.165, 1.54) is 7.11 Å². The van der Waals surface area contributed by atoms with Gasteiger partial charge in [-0.15, -0.1) is 11.3 Å². The van der Waals surface area contributed by atoms with E-state index >= 15 is 0 Å². The lowest BCUT2D eigenvalue weighted by atomic mass is 10.1. The quantitative estimate of drug-likeness (QED) is 0.777. The summed E-state index contributed by atoms with van der Waals surface area (Å²) in [7, 11) is 1.39. The van der Waals surface area contributed by atoms with E-state index in [1.807, 2.05) is 29.0 Å². The van der Waals surface area contributed by atoms with Crippen molar-refractivity contribution in [3.8, 4) is 22.5 Å². The Morgan fingerprint density at radius 1 is 1.46 bits per heavy atom. The average Bonchev–Trinajstić information content (AvgIpc) is 3.15. The number of aromatic carboxylic acids is 1. The molecule has 122 valence electrons. The van der Waals surface area contributed by atoms with Gasteiger partial charge in [0.1, 0.15) is 11.1 Å². The summed E-state index contributed by atoms with van der Waals surface area (Å²) in [5, 5.41) is 20.0. The lowest BCUT2D eigenvalue weighted by Gasteiger charge is -2.09. The van der Waals surface area contributed by atoms with E-state index in [1.54, 1.807) is 0 Å². The number of carbonyl (C=O) groups is 1. The third-order valence-corrected chi connectivity index (χ3v) is 4.81. The number of benzene rings is 1. The number of rotatable bonds is 4. The molecule has 0 saturated carbocycles. The molecule has 2 aromatic heterocycles. The number of nitrogens with zero attached hydrogens (tertiary/aromatic N) is 3. The number of ether oxygens (including phenoxy) is 1. The van der Waals surface area contributed by atoms with Gasteiger partial charge >= 0.3 is 5.97 Å². The molecule has 0 aliphatic rings. The number of fused-ring (bicyclic) bond motifs is 1. The van der Waals surface area contributed by atoms with Crippen molar-refractivity contribution in [2.24, 2.45) is 0 Å². The van der Waals surface area contributed by atoms with Crippen molar-refractivity contribution in [1.29, 1.82) is 5.26 Å². The first-order chi connectivity index (χ1) is 11.5. The summed E-state index contributed by atoms with van der Waals surface area (Å²) in [6.45, 7) is 4.11. The normalized spacial score (nSPS) is 11.0. The minimum Gasteiger partial charge on any atom is -0.480 e. The lowest BCUT2D eigenvalue weighted by molar-refractivity contribution is 0.0698. The van der Waals surface area contributed by atoms with Crippen molar-refractivity contribution in [1.82, 2.24) is 9.55 Å². The highest BCUT2D eigenvalue weighted by Crippen LogP contribution is 2.35. The second-order valence-corrected chi connectivity index (χ2v) is 6.55. The Kier molecular flexibility index (Phi) is 3.99. The monoisotopic (exact) mass is 341 g/mol. The summed E-state index contributed by atoms with van der Waals surface area (Å²) in [6.07, 6.45) is 1.84. The number of hydrogen-bond donors (Lipinski definition) is 1. The molecule has 0 amide bonds. The van der Waals surface area contributed by atoms with E-state index in [0.29, 0.717) is 10.6 Å². The third-order valence-electron chi connectivity index (χ3n) is 3.74. The standard InChI is InChI=1S/C17H15N3O3S/c1-9(2)20-8-11(7-18)12-6-10(4-5-13(12)20)16-19-15(23-3)14(24-16)17(21)22/h4-6,8-9H,1-3H3,(H,21,22). The van der Waals surface area contributed by atoms with Gasteiger partial charge in [-0.25, -0.2) is 9.78 Å². The number of carboxylic acid groups (broad SMARTS) is 1. The van der Waals surface area contributed by atoms with Crippen molar-refractivity contribution in [2.75, 3.05) is 7.11 Å². The van der Waals surface area contributed by atoms with Gasteiger partial charge in [0.2, 0.25) is 5.88 Å². The first kappa shape index (κ1) is 16.0. The summed E-state index contributed by atoms with van der Waals surface area (Å²) in [5.41, 5.74) is 2.31. The molecule has 3 rings (SSSR count). The second-order valence-electron chi connectivity index (χ2n) is 5.55.